The molecule has 1 N–H and O–H groups in total. The first-order chi connectivity index (χ1) is 12.6. The molecular weight excluding hydrogens is 350 g/mol. The number of fused-ring (bicyclic) bond motifs is 1. The number of anilines is 2. The Balaban J connectivity index is 1.70. The van der Waals surface area contributed by atoms with E-state index in [9.17, 15) is 4.79 Å². The predicted octanol–water partition coefficient (Wildman–Crippen LogP) is 2.79. The smallest absolute Gasteiger partial charge is 0.267 e. The van der Waals surface area contributed by atoms with Crippen LogP contribution in [0.5, 0.6) is 0 Å². The number of amides is 1. The maximum absolute atomic E-state index is 12.8. The quantitative estimate of drug-likeness (QED) is 0.765. The number of hydrogen-bond donors (Lipinski definition) is 1. The van der Waals surface area contributed by atoms with Gasteiger partial charge in [-0.3, -0.25) is 4.79 Å². The number of carbonyl (C=O) groups is 1. The highest BCUT2D eigenvalue weighted by molar-refractivity contribution is 7.20. The van der Waals surface area contributed by atoms with Crippen LogP contribution in [0.1, 0.15) is 20.9 Å². The lowest BCUT2D eigenvalue weighted by atomic mass is 10.2. The van der Waals surface area contributed by atoms with Gasteiger partial charge in [0.2, 0.25) is 0 Å². The number of nitrogens with zero attached hydrogens (tertiary/aromatic N) is 4. The molecule has 3 aromatic rings. The van der Waals surface area contributed by atoms with E-state index in [2.05, 4.69) is 25.2 Å². The summed E-state index contributed by atoms with van der Waals surface area (Å²) in [6.45, 7) is 6.78. The van der Waals surface area contributed by atoms with Crippen LogP contribution in [0.4, 0.5) is 11.6 Å². The van der Waals surface area contributed by atoms with E-state index in [0.717, 1.165) is 40.4 Å². The Kier molecular flexibility index (Phi) is 4.52. The molecule has 134 valence electrons. The second-order valence-electron chi connectivity index (χ2n) is 6.15. The van der Waals surface area contributed by atoms with Gasteiger partial charge in [-0.1, -0.05) is 6.07 Å². The van der Waals surface area contributed by atoms with Gasteiger partial charge in [-0.15, -0.1) is 11.3 Å². The number of hydrogen-bond acceptors (Lipinski definition) is 7. The number of thiophene rings is 1. The zero-order chi connectivity index (χ0) is 18.1. The molecule has 0 aliphatic carbocycles. The van der Waals surface area contributed by atoms with Crippen molar-refractivity contribution in [3.05, 3.63) is 40.7 Å². The molecule has 0 saturated carbocycles. The van der Waals surface area contributed by atoms with Crippen molar-refractivity contribution in [2.24, 2.45) is 0 Å². The van der Waals surface area contributed by atoms with Crippen molar-refractivity contribution >= 4 is 39.1 Å². The van der Waals surface area contributed by atoms with E-state index < -0.39 is 0 Å². The fourth-order valence-corrected chi connectivity index (χ4v) is 4.11. The molecule has 26 heavy (non-hydrogen) atoms. The molecule has 0 bridgehead atoms. The van der Waals surface area contributed by atoms with Crippen LogP contribution >= 0.6 is 11.3 Å². The summed E-state index contributed by atoms with van der Waals surface area (Å²) in [5.74, 6) is 1.25. The minimum Gasteiger partial charge on any atom is -0.378 e. The van der Waals surface area contributed by atoms with Crippen molar-refractivity contribution < 1.29 is 9.53 Å². The number of aromatic nitrogens is 3. The third-order valence-corrected chi connectivity index (χ3v) is 5.55. The van der Waals surface area contributed by atoms with E-state index in [1.54, 1.807) is 12.4 Å². The molecular formula is C18H19N5O2S. The van der Waals surface area contributed by atoms with E-state index in [-0.39, 0.29) is 5.91 Å². The number of rotatable bonds is 3. The van der Waals surface area contributed by atoms with E-state index in [1.165, 1.54) is 11.3 Å². The van der Waals surface area contributed by atoms with Crippen molar-refractivity contribution in [2.75, 3.05) is 36.5 Å². The van der Waals surface area contributed by atoms with Crippen LogP contribution in [0, 0.1) is 13.8 Å². The van der Waals surface area contributed by atoms with E-state index in [1.807, 2.05) is 26.0 Å². The lowest BCUT2D eigenvalue weighted by molar-refractivity contribution is 0.102. The fourth-order valence-electron chi connectivity index (χ4n) is 3.07. The van der Waals surface area contributed by atoms with Crippen molar-refractivity contribution in [2.45, 2.75) is 13.8 Å². The number of morpholine rings is 1. The van der Waals surface area contributed by atoms with Crippen LogP contribution < -0.4 is 10.2 Å². The summed E-state index contributed by atoms with van der Waals surface area (Å²) in [6, 6.07) is 5.55. The number of ether oxygens (including phenoxy) is 1. The van der Waals surface area contributed by atoms with Gasteiger partial charge in [0.1, 0.15) is 22.8 Å². The largest absolute Gasteiger partial charge is 0.378 e. The predicted molar refractivity (Wildman–Crippen MR) is 102 cm³/mol. The Morgan fingerprint density at radius 3 is 2.81 bits per heavy atom. The van der Waals surface area contributed by atoms with Gasteiger partial charge in [0.05, 0.1) is 23.5 Å². The van der Waals surface area contributed by atoms with Crippen molar-refractivity contribution in [3.8, 4) is 0 Å². The molecule has 1 saturated heterocycles. The SMILES string of the molecule is Cc1cccc(NC(=O)c2sc3ncnc(N4CCOCC4)c3c2C)n1. The lowest BCUT2D eigenvalue weighted by Crippen LogP contribution is -2.36. The van der Waals surface area contributed by atoms with Gasteiger partial charge in [0, 0.05) is 18.8 Å². The minimum absolute atomic E-state index is 0.170. The molecule has 1 amide bonds. The highest BCUT2D eigenvalue weighted by atomic mass is 32.1. The Bertz CT molecular complexity index is 965. The standard InChI is InChI=1S/C18H19N5O2S/c1-11-4-3-5-13(21-11)22-17(24)15-12(2)14-16(19-10-20-18(14)26-15)23-6-8-25-9-7-23/h3-5,10H,6-9H2,1-2H3,(H,21,22,24). The molecule has 0 atom stereocenters. The van der Waals surface area contributed by atoms with E-state index >= 15 is 0 Å². The van der Waals surface area contributed by atoms with E-state index in [4.69, 9.17) is 4.74 Å². The highest BCUT2D eigenvalue weighted by Gasteiger charge is 2.23. The summed E-state index contributed by atoms with van der Waals surface area (Å²) in [6.07, 6.45) is 1.56. The van der Waals surface area contributed by atoms with Crippen molar-refractivity contribution in [3.63, 3.8) is 0 Å². The maximum atomic E-state index is 12.8. The van der Waals surface area contributed by atoms with Gasteiger partial charge in [-0.2, -0.15) is 0 Å². The van der Waals surface area contributed by atoms with Crippen LogP contribution in [-0.2, 0) is 4.74 Å². The third kappa shape index (κ3) is 3.13. The fraction of sp³-hybridized carbons (Fsp3) is 0.333. The van der Waals surface area contributed by atoms with Gasteiger partial charge >= 0.3 is 0 Å². The molecule has 7 nitrogen and oxygen atoms in total. The zero-order valence-electron chi connectivity index (χ0n) is 14.7. The number of aryl methyl sites for hydroxylation is 2. The molecule has 8 heteroatoms. The molecule has 0 spiro atoms. The molecule has 1 aliphatic rings. The topological polar surface area (TPSA) is 80.2 Å². The van der Waals surface area contributed by atoms with Gasteiger partial charge in [-0.25, -0.2) is 15.0 Å². The third-order valence-electron chi connectivity index (χ3n) is 4.35. The summed E-state index contributed by atoms with van der Waals surface area (Å²) in [7, 11) is 0. The highest BCUT2D eigenvalue weighted by Crippen LogP contribution is 2.35. The molecule has 3 aromatic heterocycles. The van der Waals surface area contributed by atoms with Crippen LogP contribution in [0.15, 0.2) is 24.5 Å². The summed E-state index contributed by atoms with van der Waals surface area (Å²) in [5, 5.41) is 3.82. The van der Waals surface area contributed by atoms with Crippen LogP contribution in [0.3, 0.4) is 0 Å². The van der Waals surface area contributed by atoms with Crippen molar-refractivity contribution in [1.29, 1.82) is 0 Å². The lowest BCUT2D eigenvalue weighted by Gasteiger charge is -2.28. The van der Waals surface area contributed by atoms with Crippen molar-refractivity contribution in [1.82, 2.24) is 15.0 Å². The molecule has 0 aromatic carbocycles. The summed E-state index contributed by atoms with van der Waals surface area (Å²) in [5.41, 5.74) is 1.76. The summed E-state index contributed by atoms with van der Waals surface area (Å²) < 4.78 is 5.43. The molecule has 4 heterocycles. The maximum Gasteiger partial charge on any atom is 0.267 e. The Hall–Kier alpha value is -2.58. The Morgan fingerprint density at radius 2 is 2.04 bits per heavy atom. The normalized spacial score (nSPS) is 14.6. The summed E-state index contributed by atoms with van der Waals surface area (Å²) in [4.78, 5) is 29.6. The molecule has 0 radical (unpaired) electrons. The van der Waals surface area contributed by atoms with Crippen LogP contribution in [0.2, 0.25) is 0 Å². The first kappa shape index (κ1) is 16.9. The Labute approximate surface area is 155 Å². The minimum atomic E-state index is -0.170. The Morgan fingerprint density at radius 1 is 1.23 bits per heavy atom. The van der Waals surface area contributed by atoms with Gasteiger partial charge in [0.15, 0.2) is 0 Å². The molecule has 0 unspecified atom stereocenters. The molecule has 1 aliphatic heterocycles. The second kappa shape index (κ2) is 6.97. The number of carbonyl (C=O) groups excluding carboxylic acids is 1. The zero-order valence-corrected chi connectivity index (χ0v) is 15.5. The average Bonchev–Trinajstić information content (AvgIpc) is 3.00. The molecule has 1 fully saturated rings. The van der Waals surface area contributed by atoms with E-state index in [0.29, 0.717) is 23.9 Å². The number of pyridine rings is 1. The van der Waals surface area contributed by atoms with Crippen LogP contribution in [-0.4, -0.2) is 47.2 Å². The van der Waals surface area contributed by atoms with Gasteiger partial charge in [-0.05, 0) is 31.5 Å². The van der Waals surface area contributed by atoms with Crippen LogP contribution in [0.25, 0.3) is 10.2 Å². The molecule has 4 rings (SSSR count). The summed E-state index contributed by atoms with van der Waals surface area (Å²) >= 11 is 1.38. The van der Waals surface area contributed by atoms with Gasteiger partial charge < -0.3 is 15.0 Å². The first-order valence-electron chi connectivity index (χ1n) is 8.45. The number of nitrogens with one attached hydrogen (secondary N) is 1. The average molecular weight is 369 g/mol. The monoisotopic (exact) mass is 369 g/mol. The second-order valence-corrected chi connectivity index (χ2v) is 7.15. The first-order valence-corrected chi connectivity index (χ1v) is 9.27. The van der Waals surface area contributed by atoms with Gasteiger partial charge in [0.25, 0.3) is 5.91 Å².